The maximum absolute atomic E-state index is 12.9. The van der Waals surface area contributed by atoms with Crippen molar-refractivity contribution < 1.29 is 23.5 Å². The van der Waals surface area contributed by atoms with Crippen LogP contribution in [0.5, 0.6) is 0 Å². The van der Waals surface area contributed by atoms with Crippen LogP contribution in [0.25, 0.3) is 11.1 Å². The molecule has 0 saturated carbocycles. The number of furan rings is 1. The lowest BCUT2D eigenvalue weighted by Gasteiger charge is -2.32. The largest absolute Gasteiger partial charge is 0.455 e. The van der Waals surface area contributed by atoms with Gasteiger partial charge in [-0.25, -0.2) is 4.79 Å². The van der Waals surface area contributed by atoms with Crippen LogP contribution in [0.1, 0.15) is 29.2 Å². The predicted octanol–water partition coefficient (Wildman–Crippen LogP) is 3.66. The number of likely N-dealkylation sites (N-methyl/N-ethyl adjacent to an activating group) is 1. The fourth-order valence-electron chi connectivity index (χ4n) is 5.21. The Labute approximate surface area is 240 Å². The van der Waals surface area contributed by atoms with Gasteiger partial charge in [0.1, 0.15) is 11.9 Å². The van der Waals surface area contributed by atoms with Crippen molar-refractivity contribution in [3.05, 3.63) is 78.3 Å². The molecule has 216 valence electrons. The molecule has 2 aromatic carbocycles. The number of carbonyl (C=O) groups is 3. The van der Waals surface area contributed by atoms with Gasteiger partial charge in [0.25, 0.3) is 5.91 Å². The minimum atomic E-state index is -0.446. The summed E-state index contributed by atoms with van der Waals surface area (Å²) >= 11 is 0. The van der Waals surface area contributed by atoms with Crippen molar-refractivity contribution in [3.8, 4) is 11.1 Å². The van der Waals surface area contributed by atoms with Gasteiger partial charge in [-0.2, -0.15) is 0 Å². The van der Waals surface area contributed by atoms with E-state index in [0.29, 0.717) is 37.7 Å². The molecule has 10 nitrogen and oxygen atoms in total. The summed E-state index contributed by atoms with van der Waals surface area (Å²) in [6.45, 7) is 5.06. The van der Waals surface area contributed by atoms with E-state index in [9.17, 15) is 14.4 Å². The number of para-hydroxylation sites is 1. The smallest absolute Gasteiger partial charge is 0.411 e. The number of benzene rings is 2. The number of hydrogen-bond acceptors (Lipinski definition) is 7. The third-order valence-electron chi connectivity index (χ3n) is 7.52. The Bertz CT molecular complexity index is 1340. The number of piperidine rings is 1. The summed E-state index contributed by atoms with van der Waals surface area (Å²) in [5.41, 5.74) is 2.69. The van der Waals surface area contributed by atoms with Gasteiger partial charge in [0.15, 0.2) is 5.76 Å². The lowest BCUT2D eigenvalue weighted by atomic mass is 10.0. The van der Waals surface area contributed by atoms with E-state index in [2.05, 4.69) is 15.5 Å². The molecule has 2 aliphatic rings. The Morgan fingerprint density at radius 2 is 1.76 bits per heavy atom. The number of carbonyl (C=O) groups excluding carboxylic acids is 3. The van der Waals surface area contributed by atoms with E-state index < -0.39 is 6.09 Å². The number of nitrogens with zero attached hydrogens (tertiary/aromatic N) is 3. The summed E-state index contributed by atoms with van der Waals surface area (Å²) in [4.78, 5) is 43.1. The Morgan fingerprint density at radius 3 is 2.54 bits per heavy atom. The molecule has 2 saturated heterocycles. The maximum atomic E-state index is 12.9. The average Bonchev–Trinajstić information content (AvgIpc) is 3.45. The van der Waals surface area contributed by atoms with Crippen LogP contribution in [0, 0.1) is 0 Å². The highest BCUT2D eigenvalue weighted by Gasteiger charge is 2.24. The van der Waals surface area contributed by atoms with E-state index >= 15 is 0 Å². The summed E-state index contributed by atoms with van der Waals surface area (Å²) in [6, 6.07) is 21.1. The molecule has 2 fully saturated rings. The molecule has 0 spiro atoms. The Balaban J connectivity index is 1.03. The summed E-state index contributed by atoms with van der Waals surface area (Å²) < 4.78 is 11.5. The zero-order valence-corrected chi connectivity index (χ0v) is 23.4. The molecule has 0 radical (unpaired) electrons. The zero-order chi connectivity index (χ0) is 28.6. The molecule has 41 heavy (non-hydrogen) atoms. The quantitative estimate of drug-likeness (QED) is 0.412. The number of hydrogen-bond donors (Lipinski definition) is 2. The van der Waals surface area contributed by atoms with Crippen LogP contribution in [0.15, 0.2) is 71.1 Å². The molecular formula is C31H37N5O5. The van der Waals surface area contributed by atoms with E-state index in [-0.39, 0.29) is 17.9 Å². The number of anilines is 1. The topological polar surface area (TPSA) is 107 Å². The van der Waals surface area contributed by atoms with Gasteiger partial charge in [-0.3, -0.25) is 19.8 Å². The lowest BCUT2D eigenvalue weighted by molar-refractivity contribution is -0.124. The first-order valence-corrected chi connectivity index (χ1v) is 14.1. The van der Waals surface area contributed by atoms with Gasteiger partial charge in [0.2, 0.25) is 5.91 Å². The first-order chi connectivity index (χ1) is 19.9. The molecule has 10 heteroatoms. The molecular weight excluding hydrogens is 522 g/mol. The minimum Gasteiger partial charge on any atom is -0.455 e. The van der Waals surface area contributed by atoms with Crippen molar-refractivity contribution in [1.29, 1.82) is 0 Å². The van der Waals surface area contributed by atoms with Gasteiger partial charge in [-0.1, -0.05) is 48.5 Å². The van der Waals surface area contributed by atoms with Crippen LogP contribution in [-0.4, -0.2) is 91.6 Å². The fourth-order valence-corrected chi connectivity index (χ4v) is 5.21. The zero-order valence-electron chi connectivity index (χ0n) is 23.4. The van der Waals surface area contributed by atoms with Crippen LogP contribution < -0.4 is 10.6 Å². The molecule has 3 amide bonds. The van der Waals surface area contributed by atoms with Crippen LogP contribution in [0.3, 0.4) is 0 Å². The van der Waals surface area contributed by atoms with Crippen LogP contribution in [0.2, 0.25) is 0 Å². The molecule has 0 bridgehead atoms. The van der Waals surface area contributed by atoms with Crippen molar-refractivity contribution >= 4 is 23.6 Å². The van der Waals surface area contributed by atoms with E-state index in [1.807, 2.05) is 59.5 Å². The van der Waals surface area contributed by atoms with Gasteiger partial charge in [0, 0.05) is 51.9 Å². The van der Waals surface area contributed by atoms with Crippen molar-refractivity contribution in [2.45, 2.75) is 25.5 Å². The van der Waals surface area contributed by atoms with Gasteiger partial charge in [-0.15, -0.1) is 0 Å². The third kappa shape index (κ3) is 7.74. The van der Waals surface area contributed by atoms with Gasteiger partial charge in [0.05, 0.1) is 18.8 Å². The summed E-state index contributed by atoms with van der Waals surface area (Å²) in [6.07, 6.45) is 0.878. The molecule has 2 aliphatic heterocycles. The standard InChI is InChI=1S/C31H37N5O5/c1-34(30(38)28-12-11-25(40-28)21-36-18-15-32-29(37)22-36)19-20-35-16-13-24(14-17-35)41-31(39)33-27-10-6-5-9-26(27)23-7-3-2-4-8-23/h2-12,24H,13-22H2,1H3,(H,32,37)(H,33,39). The first-order valence-electron chi connectivity index (χ1n) is 14.1. The lowest BCUT2D eigenvalue weighted by Crippen LogP contribution is -2.47. The van der Waals surface area contributed by atoms with E-state index in [1.54, 1.807) is 24.1 Å². The molecule has 2 N–H and O–H groups in total. The minimum absolute atomic E-state index is 0.00214. The van der Waals surface area contributed by atoms with Gasteiger partial charge < -0.3 is 24.3 Å². The van der Waals surface area contributed by atoms with E-state index in [1.165, 1.54) is 0 Å². The number of ether oxygens (including phenoxy) is 1. The number of amides is 3. The second-order valence-electron chi connectivity index (χ2n) is 10.5. The second kappa shape index (κ2) is 13.5. The highest BCUT2D eigenvalue weighted by Crippen LogP contribution is 2.28. The van der Waals surface area contributed by atoms with Crippen molar-refractivity contribution in [1.82, 2.24) is 20.0 Å². The SMILES string of the molecule is CN(CCN1CCC(OC(=O)Nc2ccccc2-c2ccccc2)CC1)C(=O)c1ccc(CN2CCNC(=O)C2)o1. The van der Waals surface area contributed by atoms with E-state index in [4.69, 9.17) is 9.15 Å². The first kappa shape index (κ1) is 28.4. The average molecular weight is 560 g/mol. The number of piperazine rings is 1. The predicted molar refractivity (Wildman–Crippen MR) is 155 cm³/mol. The van der Waals surface area contributed by atoms with Crippen LogP contribution >= 0.6 is 0 Å². The number of nitrogens with one attached hydrogen (secondary N) is 2. The molecule has 1 aromatic heterocycles. The molecule has 5 rings (SSSR count). The Kier molecular flexibility index (Phi) is 9.33. The van der Waals surface area contributed by atoms with Crippen LogP contribution in [-0.2, 0) is 16.1 Å². The Morgan fingerprint density at radius 1 is 1.00 bits per heavy atom. The van der Waals surface area contributed by atoms with Gasteiger partial charge in [-0.05, 0) is 36.6 Å². The van der Waals surface area contributed by atoms with Crippen molar-refractivity contribution in [2.24, 2.45) is 0 Å². The summed E-state index contributed by atoms with van der Waals surface area (Å²) in [5.74, 6) is 0.808. The molecule has 0 unspecified atom stereocenters. The van der Waals surface area contributed by atoms with E-state index in [0.717, 1.165) is 55.8 Å². The third-order valence-corrected chi connectivity index (χ3v) is 7.52. The highest BCUT2D eigenvalue weighted by molar-refractivity contribution is 5.92. The number of rotatable bonds is 9. The fraction of sp³-hybridized carbons (Fsp3) is 0.387. The number of likely N-dealkylation sites (tertiary alicyclic amines) is 1. The molecule has 3 heterocycles. The summed E-state index contributed by atoms with van der Waals surface area (Å²) in [7, 11) is 1.77. The van der Waals surface area contributed by atoms with Gasteiger partial charge >= 0.3 is 6.09 Å². The normalized spacial score (nSPS) is 16.7. The van der Waals surface area contributed by atoms with Crippen molar-refractivity contribution in [3.63, 3.8) is 0 Å². The monoisotopic (exact) mass is 559 g/mol. The Hall–Kier alpha value is -4.15. The molecule has 0 atom stereocenters. The highest BCUT2D eigenvalue weighted by atomic mass is 16.6. The van der Waals surface area contributed by atoms with Crippen LogP contribution in [0.4, 0.5) is 10.5 Å². The molecule has 0 aliphatic carbocycles. The summed E-state index contributed by atoms with van der Waals surface area (Å²) in [5, 5.41) is 5.72. The molecule has 3 aromatic rings. The maximum Gasteiger partial charge on any atom is 0.411 e. The second-order valence-corrected chi connectivity index (χ2v) is 10.5. The van der Waals surface area contributed by atoms with Crippen molar-refractivity contribution in [2.75, 3.05) is 58.2 Å².